The number of para-hydroxylation sites is 2. The van der Waals surface area contributed by atoms with Crippen LogP contribution in [0.1, 0.15) is 27.2 Å². The summed E-state index contributed by atoms with van der Waals surface area (Å²) in [6.07, 6.45) is 1.13. The number of hydrogen-bond acceptors (Lipinski definition) is 3. The molecule has 1 fully saturated rings. The molecule has 1 aliphatic heterocycles. The smallest absolute Gasteiger partial charge is 0.188 e. The molecule has 22 heavy (non-hydrogen) atoms. The Hall–Kier alpha value is -1.91. The Labute approximate surface area is 133 Å². The Morgan fingerprint density at radius 3 is 2.82 bits per heavy atom. The number of nitrogens with two attached hydrogens (primary N) is 1. The van der Waals surface area contributed by atoms with Crippen LogP contribution in [0.5, 0.6) is 5.75 Å². The zero-order valence-electron chi connectivity index (χ0n) is 14.1. The molecule has 1 unspecified atom stereocenters. The Bertz CT molecular complexity index is 522. The topological polar surface area (TPSA) is 62.9 Å². The van der Waals surface area contributed by atoms with E-state index in [9.17, 15) is 0 Å². The third kappa shape index (κ3) is 4.55. The first kappa shape index (κ1) is 16.5. The van der Waals surface area contributed by atoms with E-state index in [2.05, 4.69) is 48.1 Å². The summed E-state index contributed by atoms with van der Waals surface area (Å²) in [5.41, 5.74) is 7.05. The van der Waals surface area contributed by atoms with Crippen LogP contribution < -0.4 is 20.7 Å². The summed E-state index contributed by atoms with van der Waals surface area (Å²) in [4.78, 5) is 6.86. The molecule has 0 bridgehead atoms. The number of aliphatic imine (C=N–C) groups is 1. The van der Waals surface area contributed by atoms with Gasteiger partial charge in [-0.15, -0.1) is 0 Å². The SMILES string of the molecule is COc1ccccc1N1CCC(CN=C(N)NC(C)(C)C)C1. The van der Waals surface area contributed by atoms with Crippen molar-refractivity contribution in [2.24, 2.45) is 16.6 Å². The van der Waals surface area contributed by atoms with Crippen LogP contribution in [0.4, 0.5) is 5.69 Å². The lowest BCUT2D eigenvalue weighted by Crippen LogP contribution is -2.45. The van der Waals surface area contributed by atoms with Crippen molar-refractivity contribution in [3.8, 4) is 5.75 Å². The van der Waals surface area contributed by atoms with E-state index >= 15 is 0 Å². The van der Waals surface area contributed by atoms with Crippen LogP contribution in [0.15, 0.2) is 29.3 Å². The molecule has 1 heterocycles. The predicted molar refractivity (Wildman–Crippen MR) is 92.7 cm³/mol. The number of anilines is 1. The van der Waals surface area contributed by atoms with Crippen LogP contribution in [0.3, 0.4) is 0 Å². The van der Waals surface area contributed by atoms with E-state index < -0.39 is 0 Å². The van der Waals surface area contributed by atoms with E-state index in [4.69, 9.17) is 10.5 Å². The van der Waals surface area contributed by atoms with Crippen molar-refractivity contribution < 1.29 is 4.74 Å². The molecule has 0 aliphatic carbocycles. The second-order valence-corrected chi connectivity index (χ2v) is 6.87. The van der Waals surface area contributed by atoms with Gasteiger partial charge in [0.2, 0.25) is 0 Å². The van der Waals surface area contributed by atoms with Crippen LogP contribution in [-0.4, -0.2) is 38.2 Å². The van der Waals surface area contributed by atoms with Crippen molar-refractivity contribution in [1.29, 1.82) is 0 Å². The highest BCUT2D eigenvalue weighted by molar-refractivity contribution is 5.78. The first-order valence-corrected chi connectivity index (χ1v) is 7.85. The predicted octanol–water partition coefficient (Wildman–Crippen LogP) is 2.22. The van der Waals surface area contributed by atoms with Gasteiger partial charge in [0, 0.05) is 25.2 Å². The summed E-state index contributed by atoms with van der Waals surface area (Å²) in [6.45, 7) is 9.03. The number of guanidine groups is 1. The minimum Gasteiger partial charge on any atom is -0.495 e. The van der Waals surface area contributed by atoms with Crippen molar-refractivity contribution in [2.45, 2.75) is 32.7 Å². The number of benzene rings is 1. The molecule has 0 saturated carbocycles. The van der Waals surface area contributed by atoms with Gasteiger partial charge in [0.05, 0.1) is 12.8 Å². The fourth-order valence-electron chi connectivity index (χ4n) is 2.74. The Balaban J connectivity index is 1.92. The van der Waals surface area contributed by atoms with E-state index in [0.29, 0.717) is 11.9 Å². The largest absolute Gasteiger partial charge is 0.495 e. The normalized spacial score (nSPS) is 19.4. The molecule has 1 saturated heterocycles. The maximum absolute atomic E-state index is 5.93. The van der Waals surface area contributed by atoms with Gasteiger partial charge in [0.15, 0.2) is 5.96 Å². The van der Waals surface area contributed by atoms with Gasteiger partial charge in [0.25, 0.3) is 0 Å². The molecule has 0 radical (unpaired) electrons. The lowest BCUT2D eigenvalue weighted by molar-refractivity contribution is 0.414. The average Bonchev–Trinajstić information content (AvgIpc) is 2.92. The highest BCUT2D eigenvalue weighted by atomic mass is 16.5. The summed E-state index contributed by atoms with van der Waals surface area (Å²) in [5, 5.41) is 3.20. The molecule has 1 aromatic rings. The summed E-state index contributed by atoms with van der Waals surface area (Å²) in [5.74, 6) is 1.99. The van der Waals surface area contributed by atoms with Crippen LogP contribution in [0, 0.1) is 5.92 Å². The summed E-state index contributed by atoms with van der Waals surface area (Å²) < 4.78 is 5.45. The van der Waals surface area contributed by atoms with Gasteiger partial charge in [-0.05, 0) is 45.2 Å². The minimum absolute atomic E-state index is 0.0489. The molecular formula is C17H28N4O. The zero-order valence-corrected chi connectivity index (χ0v) is 14.1. The number of rotatable bonds is 4. The van der Waals surface area contributed by atoms with Gasteiger partial charge >= 0.3 is 0 Å². The van der Waals surface area contributed by atoms with Gasteiger partial charge in [-0.25, -0.2) is 0 Å². The Kier molecular flexibility index (Phi) is 5.16. The van der Waals surface area contributed by atoms with E-state index in [0.717, 1.165) is 37.5 Å². The molecule has 1 aliphatic rings. The molecule has 122 valence electrons. The van der Waals surface area contributed by atoms with Gasteiger partial charge in [0.1, 0.15) is 5.75 Å². The maximum Gasteiger partial charge on any atom is 0.188 e. The fourth-order valence-corrected chi connectivity index (χ4v) is 2.74. The Morgan fingerprint density at radius 1 is 1.41 bits per heavy atom. The number of ether oxygens (including phenoxy) is 1. The fraction of sp³-hybridized carbons (Fsp3) is 0.588. The van der Waals surface area contributed by atoms with Gasteiger partial charge in [-0.1, -0.05) is 12.1 Å². The first-order chi connectivity index (χ1) is 10.4. The second-order valence-electron chi connectivity index (χ2n) is 6.87. The molecule has 2 rings (SSSR count). The molecule has 3 N–H and O–H groups in total. The van der Waals surface area contributed by atoms with Gasteiger partial charge in [-0.3, -0.25) is 4.99 Å². The Morgan fingerprint density at radius 2 is 2.14 bits per heavy atom. The average molecular weight is 304 g/mol. The van der Waals surface area contributed by atoms with Crippen LogP contribution in [0.25, 0.3) is 0 Å². The molecular weight excluding hydrogens is 276 g/mol. The monoisotopic (exact) mass is 304 g/mol. The second kappa shape index (κ2) is 6.90. The molecule has 1 atom stereocenters. The molecule has 5 nitrogen and oxygen atoms in total. The number of methoxy groups -OCH3 is 1. The van der Waals surface area contributed by atoms with E-state index in [1.807, 2.05) is 12.1 Å². The minimum atomic E-state index is -0.0489. The van der Waals surface area contributed by atoms with Crippen molar-refractivity contribution in [1.82, 2.24) is 5.32 Å². The van der Waals surface area contributed by atoms with Crippen molar-refractivity contribution in [3.63, 3.8) is 0 Å². The zero-order chi connectivity index (χ0) is 16.2. The molecule has 0 spiro atoms. The standard InChI is InChI=1S/C17H28N4O/c1-17(2,3)20-16(18)19-11-13-9-10-21(12-13)14-7-5-6-8-15(14)22-4/h5-8,13H,9-12H2,1-4H3,(H3,18,19,20). The third-order valence-corrected chi connectivity index (χ3v) is 3.73. The van der Waals surface area contributed by atoms with Crippen LogP contribution in [0.2, 0.25) is 0 Å². The number of hydrogen-bond donors (Lipinski definition) is 2. The van der Waals surface area contributed by atoms with Crippen molar-refractivity contribution in [2.75, 3.05) is 31.6 Å². The van der Waals surface area contributed by atoms with E-state index in [1.165, 1.54) is 0 Å². The van der Waals surface area contributed by atoms with Crippen molar-refractivity contribution >= 4 is 11.6 Å². The summed E-state index contributed by atoms with van der Waals surface area (Å²) in [7, 11) is 1.72. The molecule has 0 amide bonds. The van der Waals surface area contributed by atoms with Gasteiger partial charge < -0.3 is 20.7 Å². The van der Waals surface area contributed by atoms with Gasteiger partial charge in [-0.2, -0.15) is 0 Å². The summed E-state index contributed by atoms with van der Waals surface area (Å²) >= 11 is 0. The maximum atomic E-state index is 5.93. The lowest BCUT2D eigenvalue weighted by atomic mass is 10.1. The van der Waals surface area contributed by atoms with Crippen molar-refractivity contribution in [3.05, 3.63) is 24.3 Å². The van der Waals surface area contributed by atoms with E-state index in [-0.39, 0.29) is 5.54 Å². The highest BCUT2D eigenvalue weighted by Gasteiger charge is 2.24. The molecule has 0 aromatic heterocycles. The summed E-state index contributed by atoms with van der Waals surface area (Å²) in [6, 6.07) is 8.17. The van der Waals surface area contributed by atoms with Crippen LogP contribution >= 0.6 is 0 Å². The lowest BCUT2D eigenvalue weighted by Gasteiger charge is -2.22. The highest BCUT2D eigenvalue weighted by Crippen LogP contribution is 2.31. The number of nitrogens with zero attached hydrogens (tertiary/aromatic N) is 2. The molecule has 5 heteroatoms. The quantitative estimate of drug-likeness (QED) is 0.661. The molecule has 1 aromatic carbocycles. The van der Waals surface area contributed by atoms with Crippen LogP contribution in [-0.2, 0) is 0 Å². The first-order valence-electron chi connectivity index (χ1n) is 7.85. The number of nitrogens with one attached hydrogen (secondary N) is 1. The van der Waals surface area contributed by atoms with E-state index in [1.54, 1.807) is 7.11 Å². The third-order valence-electron chi connectivity index (χ3n) is 3.73.